The summed E-state index contributed by atoms with van der Waals surface area (Å²) in [5.74, 6) is 1.72. The van der Waals surface area contributed by atoms with E-state index < -0.39 is 0 Å². The van der Waals surface area contributed by atoms with Gasteiger partial charge in [-0.1, -0.05) is 26.2 Å². The van der Waals surface area contributed by atoms with Crippen LogP contribution < -0.4 is 5.73 Å². The predicted molar refractivity (Wildman–Crippen MR) is 78.6 cm³/mol. The number of nitrogens with two attached hydrogens (primary N) is 1. The van der Waals surface area contributed by atoms with Crippen molar-refractivity contribution in [3.63, 3.8) is 0 Å². The van der Waals surface area contributed by atoms with Crippen LogP contribution >= 0.6 is 0 Å². The highest BCUT2D eigenvalue weighted by Gasteiger charge is 2.30. The quantitative estimate of drug-likeness (QED) is 0.831. The number of piperidine rings is 1. The summed E-state index contributed by atoms with van der Waals surface area (Å²) >= 11 is 0. The SMILES string of the molecule is CCCC1CCC(N)C(CN2CCCCC2C)C1. The van der Waals surface area contributed by atoms with Crippen LogP contribution in [0.25, 0.3) is 0 Å². The molecule has 4 unspecified atom stereocenters. The molecule has 1 heterocycles. The summed E-state index contributed by atoms with van der Waals surface area (Å²) in [5.41, 5.74) is 6.37. The van der Waals surface area contributed by atoms with Gasteiger partial charge in [0.25, 0.3) is 0 Å². The number of hydrogen-bond acceptors (Lipinski definition) is 2. The highest BCUT2D eigenvalue weighted by Crippen LogP contribution is 2.32. The summed E-state index contributed by atoms with van der Waals surface area (Å²) in [5, 5.41) is 0. The Kier molecular flexibility index (Phi) is 5.50. The first-order valence-corrected chi connectivity index (χ1v) is 8.20. The maximum absolute atomic E-state index is 6.37. The molecule has 2 N–H and O–H groups in total. The van der Waals surface area contributed by atoms with Crippen LogP contribution in [0.2, 0.25) is 0 Å². The minimum atomic E-state index is 0.465. The second-order valence-corrected chi connectivity index (χ2v) is 6.73. The molecule has 1 aliphatic carbocycles. The van der Waals surface area contributed by atoms with Crippen LogP contribution in [0.5, 0.6) is 0 Å². The number of hydrogen-bond donors (Lipinski definition) is 1. The second kappa shape index (κ2) is 6.91. The fourth-order valence-electron chi connectivity index (χ4n) is 4.00. The normalized spacial score (nSPS) is 38.8. The first-order valence-electron chi connectivity index (χ1n) is 8.20. The van der Waals surface area contributed by atoms with Crippen LogP contribution in [-0.2, 0) is 0 Å². The first kappa shape index (κ1) is 14.3. The van der Waals surface area contributed by atoms with E-state index in [0.29, 0.717) is 6.04 Å². The maximum Gasteiger partial charge on any atom is 0.00795 e. The summed E-state index contributed by atoms with van der Waals surface area (Å²) in [4.78, 5) is 2.71. The van der Waals surface area contributed by atoms with E-state index in [-0.39, 0.29) is 0 Å². The van der Waals surface area contributed by atoms with Gasteiger partial charge in [-0.25, -0.2) is 0 Å². The van der Waals surface area contributed by atoms with Crippen LogP contribution in [0.4, 0.5) is 0 Å². The molecule has 18 heavy (non-hydrogen) atoms. The Morgan fingerprint density at radius 1 is 1.17 bits per heavy atom. The van der Waals surface area contributed by atoms with Crippen molar-refractivity contribution in [1.29, 1.82) is 0 Å². The Hall–Kier alpha value is -0.0800. The molecule has 0 aromatic heterocycles. The topological polar surface area (TPSA) is 29.3 Å². The van der Waals surface area contributed by atoms with Crippen molar-refractivity contribution in [2.24, 2.45) is 17.6 Å². The van der Waals surface area contributed by atoms with Crippen LogP contribution in [0.15, 0.2) is 0 Å². The van der Waals surface area contributed by atoms with Gasteiger partial charge in [-0.3, -0.25) is 0 Å². The molecule has 1 saturated heterocycles. The first-order chi connectivity index (χ1) is 8.70. The van der Waals surface area contributed by atoms with Crippen molar-refractivity contribution in [3.8, 4) is 0 Å². The number of rotatable bonds is 4. The maximum atomic E-state index is 6.37. The summed E-state index contributed by atoms with van der Waals surface area (Å²) in [7, 11) is 0. The van der Waals surface area contributed by atoms with E-state index in [1.165, 1.54) is 64.5 Å². The fourth-order valence-corrected chi connectivity index (χ4v) is 4.00. The standard InChI is InChI=1S/C16H32N2/c1-3-6-14-8-9-16(17)15(11-14)12-18-10-5-4-7-13(18)2/h13-16H,3-12,17H2,1-2H3. The van der Waals surface area contributed by atoms with Gasteiger partial charge in [0, 0.05) is 18.6 Å². The van der Waals surface area contributed by atoms with Crippen LogP contribution in [-0.4, -0.2) is 30.1 Å². The molecule has 106 valence electrons. The third-order valence-corrected chi connectivity index (χ3v) is 5.26. The smallest absolute Gasteiger partial charge is 0.00795 e. The highest BCUT2D eigenvalue weighted by atomic mass is 15.2. The van der Waals surface area contributed by atoms with E-state index in [4.69, 9.17) is 5.73 Å². The second-order valence-electron chi connectivity index (χ2n) is 6.73. The summed E-state index contributed by atoms with van der Waals surface area (Å²) in [6, 6.07) is 1.25. The average Bonchev–Trinajstić information content (AvgIpc) is 2.36. The molecule has 0 aromatic carbocycles. The number of likely N-dealkylation sites (tertiary alicyclic amines) is 1. The van der Waals surface area contributed by atoms with E-state index in [0.717, 1.165) is 17.9 Å². The third kappa shape index (κ3) is 3.71. The Bertz CT molecular complexity index is 241. The van der Waals surface area contributed by atoms with E-state index >= 15 is 0 Å². The van der Waals surface area contributed by atoms with E-state index in [1.807, 2.05) is 0 Å². The van der Waals surface area contributed by atoms with Crippen molar-refractivity contribution < 1.29 is 0 Å². The molecule has 0 aromatic rings. The molecule has 2 heteroatoms. The predicted octanol–water partition coefficient (Wildman–Crippen LogP) is 3.40. The molecule has 2 rings (SSSR count). The van der Waals surface area contributed by atoms with Crippen LogP contribution in [0.3, 0.4) is 0 Å². The molecule has 1 saturated carbocycles. The molecule has 2 fully saturated rings. The van der Waals surface area contributed by atoms with Gasteiger partial charge in [-0.15, -0.1) is 0 Å². The Balaban J connectivity index is 1.85. The highest BCUT2D eigenvalue weighted by molar-refractivity contribution is 4.86. The molecule has 4 atom stereocenters. The van der Waals surface area contributed by atoms with Gasteiger partial charge >= 0.3 is 0 Å². The molecule has 0 bridgehead atoms. The number of nitrogens with zero attached hydrogens (tertiary/aromatic N) is 1. The van der Waals surface area contributed by atoms with Crippen molar-refractivity contribution in [2.75, 3.05) is 13.1 Å². The van der Waals surface area contributed by atoms with E-state index in [9.17, 15) is 0 Å². The molecule has 2 nitrogen and oxygen atoms in total. The van der Waals surface area contributed by atoms with E-state index in [1.54, 1.807) is 0 Å². The van der Waals surface area contributed by atoms with Crippen molar-refractivity contribution >= 4 is 0 Å². The fraction of sp³-hybridized carbons (Fsp3) is 1.00. The van der Waals surface area contributed by atoms with Gasteiger partial charge in [-0.2, -0.15) is 0 Å². The molecule has 2 aliphatic rings. The van der Waals surface area contributed by atoms with Gasteiger partial charge in [0.05, 0.1) is 0 Å². The van der Waals surface area contributed by atoms with E-state index in [2.05, 4.69) is 18.7 Å². The summed E-state index contributed by atoms with van der Waals surface area (Å²) in [6.45, 7) is 7.29. The average molecular weight is 252 g/mol. The Labute approximate surface area is 113 Å². The minimum Gasteiger partial charge on any atom is -0.327 e. The summed E-state index contributed by atoms with van der Waals surface area (Å²) < 4.78 is 0. The lowest BCUT2D eigenvalue weighted by Gasteiger charge is -2.41. The summed E-state index contributed by atoms with van der Waals surface area (Å²) in [6.07, 6.45) is 11.0. The van der Waals surface area contributed by atoms with Gasteiger partial charge in [0.15, 0.2) is 0 Å². The van der Waals surface area contributed by atoms with Crippen molar-refractivity contribution in [3.05, 3.63) is 0 Å². The minimum absolute atomic E-state index is 0.465. The van der Waals surface area contributed by atoms with Crippen molar-refractivity contribution in [1.82, 2.24) is 4.90 Å². The lowest BCUT2D eigenvalue weighted by atomic mass is 9.76. The Morgan fingerprint density at radius 2 is 2.00 bits per heavy atom. The van der Waals surface area contributed by atoms with Crippen LogP contribution in [0.1, 0.15) is 65.2 Å². The third-order valence-electron chi connectivity index (χ3n) is 5.26. The Morgan fingerprint density at radius 3 is 2.72 bits per heavy atom. The zero-order chi connectivity index (χ0) is 13.0. The van der Waals surface area contributed by atoms with Gasteiger partial charge < -0.3 is 10.6 Å². The van der Waals surface area contributed by atoms with Gasteiger partial charge in [0.2, 0.25) is 0 Å². The van der Waals surface area contributed by atoms with Gasteiger partial charge in [-0.05, 0) is 57.4 Å². The van der Waals surface area contributed by atoms with Gasteiger partial charge in [0.1, 0.15) is 0 Å². The molecule has 1 aliphatic heterocycles. The molecular formula is C16H32N2. The van der Waals surface area contributed by atoms with Crippen LogP contribution in [0, 0.1) is 11.8 Å². The lowest BCUT2D eigenvalue weighted by Crippen LogP contribution is -2.47. The largest absolute Gasteiger partial charge is 0.327 e. The molecular weight excluding hydrogens is 220 g/mol. The molecule has 0 amide bonds. The molecule has 0 spiro atoms. The van der Waals surface area contributed by atoms with Crippen molar-refractivity contribution in [2.45, 2.75) is 77.3 Å². The monoisotopic (exact) mass is 252 g/mol. The lowest BCUT2D eigenvalue weighted by molar-refractivity contribution is 0.100. The zero-order valence-electron chi connectivity index (χ0n) is 12.4. The zero-order valence-corrected chi connectivity index (χ0v) is 12.4. The molecule has 0 radical (unpaired) electrons.